The maximum absolute atomic E-state index is 13.6. The molecule has 1 aliphatic carbocycles. The van der Waals surface area contributed by atoms with Crippen molar-refractivity contribution in [2.45, 2.75) is 45.7 Å². The van der Waals surface area contributed by atoms with Crippen molar-refractivity contribution in [1.82, 2.24) is 19.9 Å². The first kappa shape index (κ1) is 19.5. The first-order valence-corrected chi connectivity index (χ1v) is 11.2. The molecule has 1 unspecified atom stereocenters. The monoisotopic (exact) mass is 430 g/mol. The topological polar surface area (TPSA) is 84.3 Å². The van der Waals surface area contributed by atoms with E-state index in [2.05, 4.69) is 32.0 Å². The molecule has 5 heterocycles. The fourth-order valence-electron chi connectivity index (χ4n) is 5.39. The summed E-state index contributed by atoms with van der Waals surface area (Å²) in [5.74, 6) is 2.29. The van der Waals surface area contributed by atoms with E-state index in [9.17, 15) is 4.79 Å². The number of nitrogens with zero attached hydrogens (tertiary/aromatic N) is 6. The predicted molar refractivity (Wildman–Crippen MR) is 120 cm³/mol. The number of carbonyl (C=O) groups is 1. The minimum absolute atomic E-state index is 0.0575. The summed E-state index contributed by atoms with van der Waals surface area (Å²) in [6, 6.07) is 0.698. The molecule has 6 rings (SSSR count). The Balaban J connectivity index is 1.39. The Morgan fingerprint density at radius 2 is 1.78 bits per heavy atom. The van der Waals surface area contributed by atoms with Gasteiger partial charge in [-0.05, 0) is 31.4 Å². The normalized spacial score (nSPS) is 28.1. The molecule has 4 aliphatic rings. The van der Waals surface area contributed by atoms with Crippen LogP contribution >= 0.6 is 0 Å². The van der Waals surface area contributed by atoms with Gasteiger partial charge in [0, 0.05) is 29.6 Å². The Kier molecular flexibility index (Phi) is 4.24. The summed E-state index contributed by atoms with van der Waals surface area (Å²) in [4.78, 5) is 35.7. The van der Waals surface area contributed by atoms with Crippen LogP contribution in [0.2, 0.25) is 0 Å². The van der Waals surface area contributed by atoms with Gasteiger partial charge >= 0.3 is 0 Å². The van der Waals surface area contributed by atoms with Crippen molar-refractivity contribution in [2.75, 3.05) is 23.0 Å². The van der Waals surface area contributed by atoms with Gasteiger partial charge in [0.1, 0.15) is 11.6 Å². The highest BCUT2D eigenvalue weighted by molar-refractivity contribution is 6.04. The zero-order valence-electron chi connectivity index (χ0n) is 18.5. The van der Waals surface area contributed by atoms with Gasteiger partial charge in [-0.2, -0.15) is 0 Å². The maximum Gasteiger partial charge on any atom is 0.238 e. The van der Waals surface area contributed by atoms with E-state index in [0.717, 1.165) is 54.5 Å². The van der Waals surface area contributed by atoms with Crippen molar-refractivity contribution < 1.29 is 9.53 Å². The van der Waals surface area contributed by atoms with Crippen molar-refractivity contribution in [3.63, 3.8) is 0 Å². The second-order valence-electron chi connectivity index (χ2n) is 9.62. The van der Waals surface area contributed by atoms with Gasteiger partial charge in [0.2, 0.25) is 5.91 Å². The number of rotatable bonds is 3. The molecule has 0 spiro atoms. The number of anilines is 2. The van der Waals surface area contributed by atoms with Gasteiger partial charge in [-0.1, -0.05) is 19.9 Å². The minimum Gasteiger partial charge on any atom is -0.377 e. The van der Waals surface area contributed by atoms with Gasteiger partial charge < -0.3 is 9.64 Å². The molecule has 1 amide bonds. The molecule has 0 radical (unpaired) electrons. The molecule has 3 saturated heterocycles. The third kappa shape index (κ3) is 2.82. The van der Waals surface area contributed by atoms with Gasteiger partial charge in [-0.3, -0.25) is 14.7 Å². The molecule has 3 aliphatic heterocycles. The standard InChI is InChI=1S/C24H26N6O2/c1-14-26-8-16(9-27-14)15-4-5-19-20(6-15)30(23(31)24(19,2)3)22-11-25-10-21(28-22)29-17-7-18(29)13-32-12-17/h4,6,8-11,17-19H,5,7,12-13H2,1-3H3/t17-,18+,19?. The summed E-state index contributed by atoms with van der Waals surface area (Å²) in [5.41, 5.74) is 2.44. The summed E-state index contributed by atoms with van der Waals surface area (Å²) in [5, 5.41) is 0. The molecule has 32 heavy (non-hydrogen) atoms. The van der Waals surface area contributed by atoms with Crippen LogP contribution in [0.4, 0.5) is 11.6 Å². The summed E-state index contributed by atoms with van der Waals surface area (Å²) >= 11 is 0. The number of carbonyl (C=O) groups excluding carboxylic acids is 1. The Morgan fingerprint density at radius 3 is 2.50 bits per heavy atom. The van der Waals surface area contributed by atoms with E-state index >= 15 is 0 Å². The van der Waals surface area contributed by atoms with Crippen LogP contribution in [0.25, 0.3) is 5.57 Å². The SMILES string of the molecule is Cc1ncc(C2=CCC3C(=C2)N(c2cncc(N4[C@@H]5COC[C@H]4C5)n2)C(=O)C3(C)C)cn1. The Bertz CT molecular complexity index is 1140. The van der Waals surface area contributed by atoms with Crippen molar-refractivity contribution >= 4 is 23.1 Å². The molecule has 8 nitrogen and oxygen atoms in total. The number of amides is 1. The summed E-state index contributed by atoms with van der Waals surface area (Å²) in [6.45, 7) is 7.36. The maximum atomic E-state index is 13.6. The number of ether oxygens (including phenoxy) is 1. The molecule has 3 atom stereocenters. The van der Waals surface area contributed by atoms with Gasteiger partial charge in [0.25, 0.3) is 0 Å². The lowest BCUT2D eigenvalue weighted by Gasteiger charge is -2.52. The van der Waals surface area contributed by atoms with Gasteiger partial charge in [0.15, 0.2) is 5.82 Å². The molecule has 0 N–H and O–H groups in total. The van der Waals surface area contributed by atoms with Crippen molar-refractivity contribution in [3.05, 3.63) is 54.0 Å². The zero-order valence-corrected chi connectivity index (χ0v) is 18.5. The molecule has 2 aromatic rings. The third-order valence-electron chi connectivity index (χ3n) is 7.29. The molecule has 3 fully saturated rings. The van der Waals surface area contributed by atoms with Gasteiger partial charge in [0.05, 0.1) is 43.1 Å². The Hall–Kier alpha value is -3.13. The van der Waals surface area contributed by atoms with Crippen LogP contribution in [0.15, 0.2) is 42.6 Å². The molecule has 2 aromatic heterocycles. The lowest BCUT2D eigenvalue weighted by molar-refractivity contribution is -0.125. The largest absolute Gasteiger partial charge is 0.377 e. The average molecular weight is 431 g/mol. The molecular formula is C24H26N6O2. The van der Waals surface area contributed by atoms with E-state index in [1.165, 1.54) is 0 Å². The highest BCUT2D eigenvalue weighted by Gasteiger charge is 2.52. The molecule has 2 bridgehead atoms. The predicted octanol–water partition coefficient (Wildman–Crippen LogP) is 2.91. The van der Waals surface area contributed by atoms with Crippen molar-refractivity contribution in [3.8, 4) is 0 Å². The number of aryl methyl sites for hydroxylation is 1. The highest BCUT2D eigenvalue weighted by atomic mass is 16.5. The lowest BCUT2D eigenvalue weighted by atomic mass is 9.75. The Labute approximate surface area is 187 Å². The Morgan fingerprint density at radius 1 is 1.06 bits per heavy atom. The van der Waals surface area contributed by atoms with E-state index in [-0.39, 0.29) is 11.8 Å². The quantitative estimate of drug-likeness (QED) is 0.740. The van der Waals surface area contributed by atoms with Gasteiger partial charge in [-0.15, -0.1) is 0 Å². The molecule has 8 heteroatoms. The number of hydrogen-bond donors (Lipinski definition) is 0. The zero-order chi connectivity index (χ0) is 22.0. The van der Waals surface area contributed by atoms with E-state index in [4.69, 9.17) is 9.72 Å². The van der Waals surface area contributed by atoms with Crippen LogP contribution in [0.5, 0.6) is 0 Å². The van der Waals surface area contributed by atoms with E-state index < -0.39 is 5.41 Å². The van der Waals surface area contributed by atoms with Crippen molar-refractivity contribution in [2.24, 2.45) is 11.3 Å². The molecule has 0 aromatic carbocycles. The fourth-order valence-corrected chi connectivity index (χ4v) is 5.39. The summed E-state index contributed by atoms with van der Waals surface area (Å²) in [6.07, 6.45) is 13.3. The van der Waals surface area contributed by atoms with Crippen molar-refractivity contribution in [1.29, 1.82) is 0 Å². The number of aromatic nitrogens is 4. The van der Waals surface area contributed by atoms with E-state index in [1.807, 2.05) is 33.2 Å². The molecular weight excluding hydrogens is 404 g/mol. The minimum atomic E-state index is -0.517. The summed E-state index contributed by atoms with van der Waals surface area (Å²) in [7, 11) is 0. The fraction of sp³-hybridized carbons (Fsp3) is 0.458. The van der Waals surface area contributed by atoms with Crippen LogP contribution in [0, 0.1) is 18.3 Å². The lowest BCUT2D eigenvalue weighted by Crippen LogP contribution is -2.64. The first-order valence-electron chi connectivity index (χ1n) is 11.2. The summed E-state index contributed by atoms with van der Waals surface area (Å²) < 4.78 is 5.61. The number of allylic oxidation sites excluding steroid dienone is 4. The average Bonchev–Trinajstić information content (AvgIpc) is 3.00. The molecule has 164 valence electrons. The van der Waals surface area contributed by atoms with Crippen LogP contribution in [-0.4, -0.2) is 51.1 Å². The first-order chi connectivity index (χ1) is 15.4. The second-order valence-corrected chi connectivity index (χ2v) is 9.62. The van der Waals surface area contributed by atoms with E-state index in [0.29, 0.717) is 17.9 Å². The number of morpholine rings is 1. The smallest absolute Gasteiger partial charge is 0.238 e. The second kappa shape index (κ2) is 6.93. The van der Waals surface area contributed by atoms with Gasteiger partial charge in [-0.25, -0.2) is 15.0 Å². The van der Waals surface area contributed by atoms with Crippen LogP contribution in [0.1, 0.15) is 38.1 Å². The van der Waals surface area contributed by atoms with E-state index in [1.54, 1.807) is 17.3 Å². The van der Waals surface area contributed by atoms with Crippen LogP contribution < -0.4 is 9.80 Å². The molecule has 0 saturated carbocycles. The van der Waals surface area contributed by atoms with Crippen LogP contribution in [0.3, 0.4) is 0 Å². The third-order valence-corrected chi connectivity index (χ3v) is 7.29. The number of hydrogen-bond acceptors (Lipinski definition) is 7. The highest BCUT2D eigenvalue weighted by Crippen LogP contribution is 2.50. The number of fused-ring (bicyclic) bond motifs is 3. The van der Waals surface area contributed by atoms with Crippen LogP contribution in [-0.2, 0) is 9.53 Å².